The summed E-state index contributed by atoms with van der Waals surface area (Å²) in [5, 5.41) is 1.40. The molecule has 0 fully saturated rings. The Labute approximate surface area is 88.9 Å². The summed E-state index contributed by atoms with van der Waals surface area (Å²) in [6.45, 7) is 0. The van der Waals surface area contributed by atoms with Gasteiger partial charge in [-0.15, -0.1) is 12.6 Å². The van der Waals surface area contributed by atoms with E-state index in [2.05, 4.69) is 35.8 Å². The van der Waals surface area contributed by atoms with Crippen LogP contribution in [-0.2, 0) is 12.8 Å². The van der Waals surface area contributed by atoms with Crippen molar-refractivity contribution in [3.05, 3.63) is 29.5 Å². The first-order valence-corrected chi connectivity index (χ1v) is 5.62. The van der Waals surface area contributed by atoms with Gasteiger partial charge >= 0.3 is 0 Å². The summed E-state index contributed by atoms with van der Waals surface area (Å²) in [4.78, 5) is 4.55. The number of thiol groups is 1. The number of benzene rings is 1. The van der Waals surface area contributed by atoms with Gasteiger partial charge in [0.25, 0.3) is 0 Å². The number of H-pyrrole nitrogens is 1. The highest BCUT2D eigenvalue weighted by atomic mass is 32.1. The first-order chi connectivity index (χ1) is 6.84. The van der Waals surface area contributed by atoms with E-state index >= 15 is 0 Å². The summed E-state index contributed by atoms with van der Waals surface area (Å²) in [6, 6.07) is 6.39. The third kappa shape index (κ3) is 1.17. The van der Waals surface area contributed by atoms with Gasteiger partial charge in [-0.05, 0) is 43.4 Å². The zero-order valence-corrected chi connectivity index (χ0v) is 8.90. The minimum atomic E-state index is 1.04. The highest BCUT2D eigenvalue weighted by Crippen LogP contribution is 2.29. The highest BCUT2D eigenvalue weighted by molar-refractivity contribution is 7.80. The summed E-state index contributed by atoms with van der Waals surface area (Å²) in [5.74, 6) is 0. The average Bonchev–Trinajstić information content (AvgIpc) is 2.54. The van der Waals surface area contributed by atoms with Crippen molar-refractivity contribution in [2.45, 2.75) is 30.6 Å². The van der Waals surface area contributed by atoms with Crippen LogP contribution in [-0.4, -0.2) is 4.98 Å². The van der Waals surface area contributed by atoms with Gasteiger partial charge in [0, 0.05) is 21.5 Å². The summed E-state index contributed by atoms with van der Waals surface area (Å²) in [5.41, 5.74) is 4.24. The molecule has 14 heavy (non-hydrogen) atoms. The second kappa shape index (κ2) is 3.06. The van der Waals surface area contributed by atoms with Crippen LogP contribution in [0.25, 0.3) is 10.9 Å². The van der Waals surface area contributed by atoms with Crippen molar-refractivity contribution in [1.82, 2.24) is 4.98 Å². The Morgan fingerprint density at radius 3 is 2.93 bits per heavy atom. The van der Waals surface area contributed by atoms with Gasteiger partial charge in [0.2, 0.25) is 0 Å². The van der Waals surface area contributed by atoms with Crippen molar-refractivity contribution in [3.63, 3.8) is 0 Å². The zero-order valence-electron chi connectivity index (χ0n) is 8.01. The standard InChI is InChI=1S/C12H13NS/c14-8-5-6-10-9-3-1-2-4-11(9)13-12(10)7-8/h5-7,13-14H,1-4H2. The fourth-order valence-corrected chi connectivity index (χ4v) is 2.61. The normalized spacial score (nSPS) is 15.8. The van der Waals surface area contributed by atoms with Gasteiger partial charge in [-0.25, -0.2) is 0 Å². The van der Waals surface area contributed by atoms with E-state index in [0.29, 0.717) is 0 Å². The smallest absolute Gasteiger partial charge is 0.0470 e. The molecule has 0 unspecified atom stereocenters. The molecule has 2 heteroatoms. The molecule has 72 valence electrons. The maximum absolute atomic E-state index is 4.36. The number of aromatic amines is 1. The van der Waals surface area contributed by atoms with Gasteiger partial charge in [-0.1, -0.05) is 6.07 Å². The maximum Gasteiger partial charge on any atom is 0.0470 e. The number of nitrogens with one attached hydrogen (secondary N) is 1. The number of hydrogen-bond donors (Lipinski definition) is 2. The van der Waals surface area contributed by atoms with Gasteiger partial charge in [-0.2, -0.15) is 0 Å². The second-order valence-electron chi connectivity index (χ2n) is 4.02. The Bertz CT molecular complexity index is 484. The fourth-order valence-electron chi connectivity index (χ4n) is 2.40. The van der Waals surface area contributed by atoms with Gasteiger partial charge in [0.1, 0.15) is 0 Å². The van der Waals surface area contributed by atoms with Crippen LogP contribution in [0.3, 0.4) is 0 Å². The van der Waals surface area contributed by atoms with Crippen LogP contribution in [0.1, 0.15) is 24.1 Å². The quantitative estimate of drug-likeness (QED) is 0.611. The molecule has 0 amide bonds. The van der Waals surface area contributed by atoms with Crippen molar-refractivity contribution in [1.29, 1.82) is 0 Å². The van der Waals surface area contributed by atoms with E-state index in [4.69, 9.17) is 0 Å². The molecule has 0 atom stereocenters. The van der Waals surface area contributed by atoms with Crippen LogP contribution >= 0.6 is 12.6 Å². The average molecular weight is 203 g/mol. The molecule has 0 saturated heterocycles. The summed E-state index contributed by atoms with van der Waals surface area (Å²) in [6.07, 6.45) is 5.11. The van der Waals surface area contributed by atoms with Crippen molar-refractivity contribution < 1.29 is 0 Å². The van der Waals surface area contributed by atoms with E-state index in [0.717, 1.165) is 4.90 Å². The predicted octanol–water partition coefficient (Wildman–Crippen LogP) is 3.34. The Morgan fingerprint density at radius 1 is 1.14 bits per heavy atom. The molecule has 3 rings (SSSR count). The van der Waals surface area contributed by atoms with E-state index < -0.39 is 0 Å². The lowest BCUT2D eigenvalue weighted by Crippen LogP contribution is -1.99. The monoisotopic (exact) mass is 203 g/mol. The Hall–Kier alpha value is -0.890. The molecule has 0 spiro atoms. The molecule has 0 aliphatic heterocycles. The first-order valence-electron chi connectivity index (χ1n) is 5.17. The third-order valence-electron chi connectivity index (χ3n) is 3.08. The number of fused-ring (bicyclic) bond motifs is 3. The number of rotatable bonds is 0. The first kappa shape index (κ1) is 8.42. The minimum Gasteiger partial charge on any atom is -0.358 e. The van der Waals surface area contributed by atoms with Crippen molar-refractivity contribution in [2.24, 2.45) is 0 Å². The molecule has 1 N–H and O–H groups in total. The molecule has 1 aromatic heterocycles. The second-order valence-corrected chi connectivity index (χ2v) is 4.54. The van der Waals surface area contributed by atoms with Gasteiger partial charge in [0.05, 0.1) is 0 Å². The molecule has 0 bridgehead atoms. The molecule has 2 aromatic rings. The molecule has 1 nitrogen and oxygen atoms in total. The summed E-state index contributed by atoms with van der Waals surface area (Å²) < 4.78 is 0. The van der Waals surface area contributed by atoms with Crippen LogP contribution in [0, 0.1) is 0 Å². The lowest BCUT2D eigenvalue weighted by molar-refractivity contribution is 0.680. The molecule has 0 saturated carbocycles. The van der Waals surface area contributed by atoms with Crippen molar-refractivity contribution in [2.75, 3.05) is 0 Å². The molecular weight excluding hydrogens is 190 g/mol. The van der Waals surface area contributed by atoms with Crippen LogP contribution < -0.4 is 0 Å². The Kier molecular flexibility index (Phi) is 1.84. The minimum absolute atomic E-state index is 1.04. The molecule has 0 radical (unpaired) electrons. The number of aryl methyl sites for hydroxylation is 2. The van der Waals surface area contributed by atoms with Crippen LogP contribution in [0.5, 0.6) is 0 Å². The van der Waals surface area contributed by atoms with E-state index in [1.165, 1.54) is 42.3 Å². The van der Waals surface area contributed by atoms with Crippen LogP contribution in [0.4, 0.5) is 0 Å². The molecular formula is C12H13NS. The van der Waals surface area contributed by atoms with Crippen molar-refractivity contribution in [3.8, 4) is 0 Å². The predicted molar refractivity (Wildman–Crippen MR) is 62.2 cm³/mol. The number of aromatic nitrogens is 1. The topological polar surface area (TPSA) is 15.8 Å². The summed E-state index contributed by atoms with van der Waals surface area (Å²) >= 11 is 4.36. The lowest BCUT2D eigenvalue weighted by atomic mass is 9.96. The lowest BCUT2D eigenvalue weighted by Gasteiger charge is -2.10. The third-order valence-corrected chi connectivity index (χ3v) is 3.36. The van der Waals surface area contributed by atoms with Gasteiger partial charge < -0.3 is 4.98 Å². The van der Waals surface area contributed by atoms with Gasteiger partial charge in [-0.3, -0.25) is 0 Å². The van der Waals surface area contributed by atoms with E-state index in [-0.39, 0.29) is 0 Å². The highest BCUT2D eigenvalue weighted by Gasteiger charge is 2.14. The van der Waals surface area contributed by atoms with E-state index in [1.807, 2.05) is 0 Å². The maximum atomic E-state index is 4.36. The largest absolute Gasteiger partial charge is 0.358 e. The number of hydrogen-bond acceptors (Lipinski definition) is 1. The van der Waals surface area contributed by atoms with Crippen LogP contribution in [0.15, 0.2) is 23.1 Å². The molecule has 1 aliphatic rings. The van der Waals surface area contributed by atoms with Gasteiger partial charge in [0.15, 0.2) is 0 Å². The Balaban J connectivity index is 2.31. The summed E-state index contributed by atoms with van der Waals surface area (Å²) in [7, 11) is 0. The SMILES string of the molecule is Sc1ccc2c3c([nH]c2c1)CCCC3. The zero-order chi connectivity index (χ0) is 9.54. The molecule has 1 aliphatic carbocycles. The molecule has 1 heterocycles. The Morgan fingerprint density at radius 2 is 2.00 bits per heavy atom. The van der Waals surface area contributed by atoms with E-state index in [1.54, 1.807) is 5.56 Å². The van der Waals surface area contributed by atoms with E-state index in [9.17, 15) is 0 Å². The fraction of sp³-hybridized carbons (Fsp3) is 0.333. The van der Waals surface area contributed by atoms with Crippen LogP contribution in [0.2, 0.25) is 0 Å². The van der Waals surface area contributed by atoms with Crippen molar-refractivity contribution >= 4 is 23.5 Å². The molecule has 1 aromatic carbocycles.